The minimum absolute atomic E-state index is 0.333. The van der Waals surface area contributed by atoms with Crippen LogP contribution in [0, 0.1) is 0 Å². The molecule has 0 fully saturated rings. The number of rotatable bonds is 2. The van der Waals surface area contributed by atoms with Crippen LogP contribution in [0.3, 0.4) is 0 Å². The molecule has 0 saturated carbocycles. The third-order valence-corrected chi connectivity index (χ3v) is 0.445. The number of hydrogen-bond donors (Lipinski definition) is 1. The van der Waals surface area contributed by atoms with Crippen molar-refractivity contribution in [1.29, 1.82) is 0 Å². The third-order valence-electron chi connectivity index (χ3n) is 0.445. The van der Waals surface area contributed by atoms with Crippen LogP contribution in [0.2, 0.25) is 0 Å². The van der Waals surface area contributed by atoms with Crippen molar-refractivity contribution in [1.82, 2.24) is 0 Å². The molecule has 0 aliphatic rings. The summed E-state index contributed by atoms with van der Waals surface area (Å²) in [4.78, 5) is 3.88. The van der Waals surface area contributed by atoms with Gasteiger partial charge in [0.15, 0.2) is 0 Å². The molecule has 0 heterocycles. The Labute approximate surface area is 43.6 Å². The van der Waals surface area contributed by atoms with E-state index in [0.717, 1.165) is 0 Å². The molecule has 0 radical (unpaired) electrons. The Morgan fingerprint density at radius 1 is 1.43 bits per heavy atom. The maximum atomic E-state index is 7.89. The first-order chi connectivity index (χ1) is 3.06. The van der Waals surface area contributed by atoms with Crippen LogP contribution in [0.4, 0.5) is 0 Å². The molecule has 0 aromatic rings. The van der Waals surface area contributed by atoms with E-state index < -0.39 is 0 Å². The van der Waals surface area contributed by atoms with Crippen LogP contribution >= 0.6 is 0 Å². The fourth-order valence-electron chi connectivity index (χ4n) is 0.173. The number of nitrogens with zero attached hydrogens (tertiary/aromatic N) is 1. The molecule has 0 spiro atoms. The largest absolute Gasteiger partial charge is 0.306 e. The summed E-state index contributed by atoms with van der Waals surface area (Å²) in [5.41, 5.74) is 0. The molecule has 1 N–H and O–H groups in total. The van der Waals surface area contributed by atoms with E-state index in [1.54, 1.807) is 0 Å². The van der Waals surface area contributed by atoms with Gasteiger partial charge < -0.3 is 4.48 Å². The standard InChI is InChI=1S/C4H11NO2/c1-5(2,3)4-7-6/h4H2,1-3H3/p+1. The predicted octanol–water partition coefficient (Wildman–Crippen LogP) is 0.140. The zero-order chi connectivity index (χ0) is 5.91. The fourth-order valence-corrected chi connectivity index (χ4v) is 0.173. The van der Waals surface area contributed by atoms with Gasteiger partial charge in [-0.1, -0.05) is 0 Å². The second kappa shape index (κ2) is 2.26. The first-order valence-corrected chi connectivity index (χ1v) is 2.13. The molecule has 0 unspecified atom stereocenters. The van der Waals surface area contributed by atoms with E-state index in [2.05, 4.69) is 4.89 Å². The van der Waals surface area contributed by atoms with Gasteiger partial charge in [-0.05, 0) is 0 Å². The van der Waals surface area contributed by atoms with Crippen LogP contribution in [0.5, 0.6) is 0 Å². The molecule has 3 heteroatoms. The molecular formula is C4H12NO2+. The molecule has 0 aromatic heterocycles. The van der Waals surface area contributed by atoms with Crippen molar-refractivity contribution < 1.29 is 14.6 Å². The van der Waals surface area contributed by atoms with Gasteiger partial charge in [0.2, 0.25) is 6.73 Å². The Kier molecular flexibility index (Phi) is 2.22. The smallest absolute Gasteiger partial charge is 0.213 e. The molecule has 0 atom stereocenters. The number of quaternary nitrogens is 1. The van der Waals surface area contributed by atoms with E-state index in [-0.39, 0.29) is 0 Å². The van der Waals surface area contributed by atoms with E-state index in [9.17, 15) is 0 Å². The van der Waals surface area contributed by atoms with Crippen molar-refractivity contribution in [3.05, 3.63) is 0 Å². The lowest BCUT2D eigenvalue weighted by molar-refractivity contribution is -0.900. The molecule has 44 valence electrons. The highest BCUT2D eigenvalue weighted by Crippen LogP contribution is 1.85. The van der Waals surface area contributed by atoms with Gasteiger partial charge >= 0.3 is 0 Å². The third kappa shape index (κ3) is 5.88. The van der Waals surface area contributed by atoms with E-state index in [0.29, 0.717) is 11.2 Å². The molecule has 0 aliphatic heterocycles. The lowest BCUT2D eigenvalue weighted by atomic mass is 10.7. The summed E-state index contributed by atoms with van der Waals surface area (Å²) in [5.74, 6) is 0. The molecule has 0 rings (SSSR count). The van der Waals surface area contributed by atoms with Crippen LogP contribution in [0.1, 0.15) is 0 Å². The molecule has 0 bridgehead atoms. The monoisotopic (exact) mass is 106 g/mol. The van der Waals surface area contributed by atoms with Gasteiger partial charge in [-0.25, -0.2) is 5.26 Å². The summed E-state index contributed by atoms with van der Waals surface area (Å²) >= 11 is 0. The van der Waals surface area contributed by atoms with Crippen LogP contribution in [0.25, 0.3) is 0 Å². The quantitative estimate of drug-likeness (QED) is 0.235. The zero-order valence-electron chi connectivity index (χ0n) is 5.01. The predicted molar refractivity (Wildman–Crippen MR) is 26.6 cm³/mol. The van der Waals surface area contributed by atoms with Crippen LogP contribution in [-0.2, 0) is 4.89 Å². The van der Waals surface area contributed by atoms with Gasteiger partial charge in [0.05, 0.1) is 21.1 Å². The topological polar surface area (TPSA) is 29.5 Å². The minimum Gasteiger partial charge on any atom is -0.306 e. The summed E-state index contributed by atoms with van der Waals surface area (Å²) in [6.07, 6.45) is 0. The summed E-state index contributed by atoms with van der Waals surface area (Å²) < 4.78 is 0.622. The highest BCUT2D eigenvalue weighted by atomic mass is 17.1. The zero-order valence-corrected chi connectivity index (χ0v) is 5.01. The second-order valence-electron chi connectivity index (χ2n) is 2.55. The summed E-state index contributed by atoms with van der Waals surface area (Å²) in [6.45, 7) is 0.333. The van der Waals surface area contributed by atoms with E-state index in [1.807, 2.05) is 21.1 Å². The number of hydrogen-bond acceptors (Lipinski definition) is 2. The Morgan fingerprint density at radius 3 is 1.86 bits per heavy atom. The molecular weight excluding hydrogens is 94.0 g/mol. The van der Waals surface area contributed by atoms with Crippen molar-refractivity contribution in [2.45, 2.75) is 0 Å². The SMILES string of the molecule is C[N+](C)(C)COO. The molecule has 0 aliphatic carbocycles. The molecule has 0 amide bonds. The average molecular weight is 106 g/mol. The summed E-state index contributed by atoms with van der Waals surface area (Å²) in [7, 11) is 5.78. The van der Waals surface area contributed by atoms with Crippen molar-refractivity contribution >= 4 is 0 Å². The molecule has 3 nitrogen and oxygen atoms in total. The molecule has 7 heavy (non-hydrogen) atoms. The van der Waals surface area contributed by atoms with Gasteiger partial charge in [-0.15, -0.1) is 0 Å². The fraction of sp³-hybridized carbons (Fsp3) is 1.00. The normalized spacial score (nSPS) is 12.0. The second-order valence-corrected chi connectivity index (χ2v) is 2.55. The lowest BCUT2D eigenvalue weighted by Crippen LogP contribution is -2.36. The Bertz CT molecular complexity index is 48.1. The minimum atomic E-state index is 0.333. The van der Waals surface area contributed by atoms with Gasteiger partial charge in [-0.3, -0.25) is 0 Å². The average Bonchev–Trinajstić information content (AvgIpc) is 1.30. The molecule has 0 saturated heterocycles. The lowest BCUT2D eigenvalue weighted by Gasteiger charge is -2.20. The Hall–Kier alpha value is -0.120. The van der Waals surface area contributed by atoms with E-state index in [1.165, 1.54) is 0 Å². The Balaban J connectivity index is 3.15. The van der Waals surface area contributed by atoms with Crippen molar-refractivity contribution in [2.75, 3.05) is 27.9 Å². The van der Waals surface area contributed by atoms with Gasteiger partial charge in [0.25, 0.3) is 0 Å². The first kappa shape index (κ1) is 6.88. The van der Waals surface area contributed by atoms with E-state index >= 15 is 0 Å². The van der Waals surface area contributed by atoms with Crippen molar-refractivity contribution in [3.8, 4) is 0 Å². The van der Waals surface area contributed by atoms with Crippen molar-refractivity contribution in [3.63, 3.8) is 0 Å². The first-order valence-electron chi connectivity index (χ1n) is 2.13. The maximum Gasteiger partial charge on any atom is 0.213 e. The van der Waals surface area contributed by atoms with Gasteiger partial charge in [0.1, 0.15) is 0 Å². The van der Waals surface area contributed by atoms with Crippen LogP contribution in [-0.4, -0.2) is 37.6 Å². The van der Waals surface area contributed by atoms with Crippen LogP contribution in [0.15, 0.2) is 0 Å². The molecule has 0 aromatic carbocycles. The Morgan fingerprint density at radius 2 is 1.86 bits per heavy atom. The van der Waals surface area contributed by atoms with Gasteiger partial charge in [-0.2, -0.15) is 4.89 Å². The van der Waals surface area contributed by atoms with Gasteiger partial charge in [0, 0.05) is 0 Å². The highest BCUT2D eigenvalue weighted by molar-refractivity contribution is 3.97. The maximum absolute atomic E-state index is 7.89. The van der Waals surface area contributed by atoms with Crippen molar-refractivity contribution in [2.24, 2.45) is 0 Å². The van der Waals surface area contributed by atoms with Crippen LogP contribution < -0.4 is 0 Å². The highest BCUT2D eigenvalue weighted by Gasteiger charge is 2.03. The van der Waals surface area contributed by atoms with E-state index in [4.69, 9.17) is 5.26 Å². The summed E-state index contributed by atoms with van der Waals surface area (Å²) in [6, 6.07) is 0. The summed E-state index contributed by atoms with van der Waals surface area (Å²) in [5, 5.41) is 7.89.